The predicted octanol–water partition coefficient (Wildman–Crippen LogP) is 3.29. The van der Waals surface area contributed by atoms with Crippen molar-refractivity contribution < 1.29 is 0 Å². The molecule has 0 aromatic heterocycles. The van der Waals surface area contributed by atoms with Gasteiger partial charge in [0.1, 0.15) is 0 Å². The molecule has 15 heavy (non-hydrogen) atoms. The van der Waals surface area contributed by atoms with Crippen LogP contribution in [0.2, 0.25) is 0 Å². The fourth-order valence-corrected chi connectivity index (χ4v) is 2.07. The number of hydrogen-bond acceptors (Lipinski definition) is 1. The molecule has 1 aromatic carbocycles. The molecule has 1 aromatic rings. The summed E-state index contributed by atoms with van der Waals surface area (Å²) in [6.07, 6.45) is 3.79. The summed E-state index contributed by atoms with van der Waals surface area (Å²) in [4.78, 5) is 0. The van der Waals surface area contributed by atoms with Gasteiger partial charge in [0.25, 0.3) is 0 Å². The van der Waals surface area contributed by atoms with Crippen molar-refractivity contribution in [1.29, 1.82) is 0 Å². The topological polar surface area (TPSA) is 26.0 Å². The highest BCUT2D eigenvalue weighted by Crippen LogP contribution is 2.39. The molecule has 0 bridgehead atoms. The number of rotatable bonds is 4. The third-order valence-electron chi connectivity index (χ3n) is 3.14. The molecule has 2 N–H and O–H groups in total. The third-order valence-corrected chi connectivity index (χ3v) is 3.14. The van der Waals surface area contributed by atoms with E-state index in [4.69, 9.17) is 5.73 Å². The van der Waals surface area contributed by atoms with Crippen molar-refractivity contribution in [2.24, 2.45) is 17.6 Å². The minimum atomic E-state index is 0.276. The first kappa shape index (κ1) is 10.7. The Kier molecular flexibility index (Phi) is 3.11. The Morgan fingerprint density at radius 1 is 1.20 bits per heavy atom. The smallest absolute Gasteiger partial charge is 0.0323 e. The van der Waals surface area contributed by atoms with Gasteiger partial charge in [-0.25, -0.2) is 0 Å². The highest BCUT2D eigenvalue weighted by molar-refractivity contribution is 5.26. The van der Waals surface area contributed by atoms with Gasteiger partial charge < -0.3 is 5.73 Å². The second-order valence-electron chi connectivity index (χ2n) is 5.20. The maximum atomic E-state index is 6.15. The summed E-state index contributed by atoms with van der Waals surface area (Å²) >= 11 is 0. The quantitative estimate of drug-likeness (QED) is 0.798. The molecule has 2 rings (SSSR count). The van der Waals surface area contributed by atoms with Crippen LogP contribution in [0, 0.1) is 11.8 Å². The Labute approximate surface area is 92.7 Å². The molecule has 0 unspecified atom stereocenters. The van der Waals surface area contributed by atoms with Crippen LogP contribution in [-0.2, 0) is 6.42 Å². The van der Waals surface area contributed by atoms with Crippen LogP contribution in [-0.4, -0.2) is 0 Å². The highest BCUT2D eigenvalue weighted by Gasteiger charge is 2.29. The Morgan fingerprint density at radius 2 is 1.80 bits per heavy atom. The maximum absolute atomic E-state index is 6.15. The SMILES string of the molecule is CC(C)Cc1ccc([C@@H](N)C2CC2)cc1. The molecule has 0 heterocycles. The summed E-state index contributed by atoms with van der Waals surface area (Å²) in [6, 6.07) is 9.16. The van der Waals surface area contributed by atoms with E-state index < -0.39 is 0 Å². The Balaban J connectivity index is 2.02. The molecule has 0 spiro atoms. The van der Waals surface area contributed by atoms with Crippen LogP contribution in [0.4, 0.5) is 0 Å². The van der Waals surface area contributed by atoms with E-state index in [0.717, 1.165) is 11.8 Å². The molecular formula is C14H21N. The molecule has 1 saturated carbocycles. The minimum absolute atomic E-state index is 0.276. The zero-order valence-electron chi connectivity index (χ0n) is 9.74. The lowest BCUT2D eigenvalue weighted by molar-refractivity contribution is 0.629. The van der Waals surface area contributed by atoms with Gasteiger partial charge in [-0.15, -0.1) is 0 Å². The number of hydrogen-bond donors (Lipinski definition) is 1. The van der Waals surface area contributed by atoms with Crippen molar-refractivity contribution in [1.82, 2.24) is 0 Å². The highest BCUT2D eigenvalue weighted by atomic mass is 14.7. The summed E-state index contributed by atoms with van der Waals surface area (Å²) in [5.41, 5.74) is 8.89. The molecule has 1 aliphatic rings. The van der Waals surface area contributed by atoms with Crippen molar-refractivity contribution in [2.75, 3.05) is 0 Å². The molecule has 1 atom stereocenters. The van der Waals surface area contributed by atoms with Gasteiger partial charge in [0.05, 0.1) is 0 Å². The van der Waals surface area contributed by atoms with Crippen LogP contribution >= 0.6 is 0 Å². The largest absolute Gasteiger partial charge is 0.324 e. The second kappa shape index (κ2) is 4.36. The molecule has 0 radical (unpaired) electrons. The van der Waals surface area contributed by atoms with E-state index in [0.29, 0.717) is 0 Å². The fourth-order valence-electron chi connectivity index (χ4n) is 2.07. The number of nitrogens with two attached hydrogens (primary N) is 1. The summed E-state index contributed by atoms with van der Waals surface area (Å²) < 4.78 is 0. The summed E-state index contributed by atoms with van der Waals surface area (Å²) in [5, 5.41) is 0. The van der Waals surface area contributed by atoms with Crippen LogP contribution in [0.25, 0.3) is 0 Å². The van der Waals surface area contributed by atoms with Crippen molar-refractivity contribution in [3.05, 3.63) is 35.4 Å². The van der Waals surface area contributed by atoms with Crippen LogP contribution in [0.1, 0.15) is 43.9 Å². The molecule has 82 valence electrons. The molecule has 1 fully saturated rings. The van der Waals surface area contributed by atoms with E-state index in [-0.39, 0.29) is 6.04 Å². The normalized spacial score (nSPS) is 18.1. The molecule has 1 aliphatic carbocycles. The Morgan fingerprint density at radius 3 is 2.27 bits per heavy atom. The van der Waals surface area contributed by atoms with Crippen LogP contribution in [0.15, 0.2) is 24.3 Å². The van der Waals surface area contributed by atoms with Crippen LogP contribution in [0.5, 0.6) is 0 Å². The van der Waals surface area contributed by atoms with E-state index >= 15 is 0 Å². The summed E-state index contributed by atoms with van der Waals surface area (Å²) in [6.45, 7) is 4.51. The van der Waals surface area contributed by atoms with E-state index in [2.05, 4.69) is 38.1 Å². The Bertz CT molecular complexity index is 309. The van der Waals surface area contributed by atoms with E-state index in [1.165, 1.54) is 30.4 Å². The lowest BCUT2D eigenvalue weighted by Gasteiger charge is -2.12. The molecule has 1 nitrogen and oxygen atoms in total. The number of benzene rings is 1. The van der Waals surface area contributed by atoms with Gasteiger partial charge in [-0.2, -0.15) is 0 Å². The van der Waals surface area contributed by atoms with Crippen LogP contribution < -0.4 is 5.73 Å². The standard InChI is InChI=1S/C14H21N/c1-10(2)9-11-3-5-12(6-4-11)14(15)13-7-8-13/h3-6,10,13-14H,7-9,15H2,1-2H3/t14-/m1/s1. The first-order chi connectivity index (χ1) is 7.16. The van der Waals surface area contributed by atoms with Gasteiger partial charge in [-0.05, 0) is 42.2 Å². The zero-order chi connectivity index (χ0) is 10.8. The van der Waals surface area contributed by atoms with Gasteiger partial charge in [0.15, 0.2) is 0 Å². The van der Waals surface area contributed by atoms with Gasteiger partial charge in [-0.1, -0.05) is 38.1 Å². The molecule has 1 heteroatoms. The molecular weight excluding hydrogens is 182 g/mol. The van der Waals surface area contributed by atoms with Crippen molar-refractivity contribution in [2.45, 2.75) is 39.2 Å². The fraction of sp³-hybridized carbons (Fsp3) is 0.571. The first-order valence-corrected chi connectivity index (χ1v) is 6.01. The first-order valence-electron chi connectivity index (χ1n) is 6.01. The van der Waals surface area contributed by atoms with Gasteiger partial charge in [-0.3, -0.25) is 0 Å². The average Bonchev–Trinajstić information content (AvgIpc) is 3.00. The summed E-state index contributed by atoms with van der Waals surface area (Å²) in [7, 11) is 0. The summed E-state index contributed by atoms with van der Waals surface area (Å²) in [5.74, 6) is 1.48. The van der Waals surface area contributed by atoms with Crippen LogP contribution in [0.3, 0.4) is 0 Å². The lowest BCUT2D eigenvalue weighted by Crippen LogP contribution is -2.12. The molecule has 0 saturated heterocycles. The van der Waals surface area contributed by atoms with Crippen molar-refractivity contribution >= 4 is 0 Å². The molecule has 0 aliphatic heterocycles. The lowest BCUT2D eigenvalue weighted by atomic mass is 9.98. The van der Waals surface area contributed by atoms with Crippen molar-refractivity contribution in [3.8, 4) is 0 Å². The predicted molar refractivity (Wildman–Crippen MR) is 64.6 cm³/mol. The van der Waals surface area contributed by atoms with E-state index in [1.807, 2.05) is 0 Å². The average molecular weight is 203 g/mol. The van der Waals surface area contributed by atoms with Gasteiger partial charge in [0.2, 0.25) is 0 Å². The van der Waals surface area contributed by atoms with Gasteiger partial charge >= 0.3 is 0 Å². The maximum Gasteiger partial charge on any atom is 0.0323 e. The van der Waals surface area contributed by atoms with E-state index in [1.54, 1.807) is 0 Å². The van der Waals surface area contributed by atoms with E-state index in [9.17, 15) is 0 Å². The minimum Gasteiger partial charge on any atom is -0.324 e. The third kappa shape index (κ3) is 2.82. The monoisotopic (exact) mass is 203 g/mol. The van der Waals surface area contributed by atoms with Gasteiger partial charge in [0, 0.05) is 6.04 Å². The Hall–Kier alpha value is -0.820. The van der Waals surface area contributed by atoms with Crippen molar-refractivity contribution in [3.63, 3.8) is 0 Å². The molecule has 0 amide bonds. The zero-order valence-corrected chi connectivity index (χ0v) is 9.74. The second-order valence-corrected chi connectivity index (χ2v) is 5.20.